The molecule has 0 saturated heterocycles. The molecule has 2 fully saturated rings. The highest BCUT2D eigenvalue weighted by molar-refractivity contribution is 5.63. The van der Waals surface area contributed by atoms with E-state index in [9.17, 15) is 0 Å². The van der Waals surface area contributed by atoms with Gasteiger partial charge in [0.2, 0.25) is 5.75 Å². The molecule has 6 heteroatoms. The topological polar surface area (TPSA) is 85.1 Å². The molecule has 2 aliphatic rings. The first-order chi connectivity index (χ1) is 9.33. The summed E-state index contributed by atoms with van der Waals surface area (Å²) in [5.41, 5.74) is 2.53. The molecule has 0 spiro atoms. The van der Waals surface area contributed by atoms with Crippen LogP contribution in [0.5, 0.6) is 5.75 Å². The Morgan fingerprint density at radius 2 is 1.89 bits per heavy atom. The summed E-state index contributed by atoms with van der Waals surface area (Å²) in [6.07, 6.45) is 7.04. The number of aromatic nitrogens is 2. The van der Waals surface area contributed by atoms with Crippen LogP contribution in [0.25, 0.3) is 0 Å². The summed E-state index contributed by atoms with van der Waals surface area (Å²) in [5, 5.41) is 3.41. The Kier molecular flexibility index (Phi) is 3.42. The fourth-order valence-electron chi connectivity index (χ4n) is 2.78. The van der Waals surface area contributed by atoms with E-state index in [4.69, 9.17) is 10.6 Å². The van der Waals surface area contributed by atoms with Gasteiger partial charge in [0.05, 0.1) is 7.11 Å². The molecule has 0 radical (unpaired) electrons. The normalized spacial score (nSPS) is 18.5. The molecule has 0 bridgehead atoms. The zero-order chi connectivity index (χ0) is 13.2. The van der Waals surface area contributed by atoms with Crippen molar-refractivity contribution in [3.63, 3.8) is 0 Å². The van der Waals surface area contributed by atoms with Gasteiger partial charge in [-0.05, 0) is 43.4 Å². The van der Waals surface area contributed by atoms with Crippen LogP contribution in [-0.4, -0.2) is 23.6 Å². The number of nitrogens with zero attached hydrogens (tertiary/aromatic N) is 2. The Labute approximate surface area is 113 Å². The maximum absolute atomic E-state index is 5.42. The summed E-state index contributed by atoms with van der Waals surface area (Å²) in [5.74, 6) is 9.85. The van der Waals surface area contributed by atoms with Gasteiger partial charge in [0.25, 0.3) is 0 Å². The minimum absolute atomic E-state index is 0.509. The highest BCUT2D eigenvalue weighted by Gasteiger charge is 2.41. The fourth-order valence-corrected chi connectivity index (χ4v) is 2.78. The first kappa shape index (κ1) is 12.5. The second-order valence-corrected chi connectivity index (χ2v) is 5.47. The molecule has 104 valence electrons. The van der Waals surface area contributed by atoms with Gasteiger partial charge < -0.3 is 15.5 Å². The zero-order valence-corrected chi connectivity index (χ0v) is 11.2. The summed E-state index contributed by atoms with van der Waals surface area (Å²) in [6.45, 7) is 0.965. The standard InChI is InChI=1S/C13H21N5O/c1-19-11-12(16-7-17-13(11)18-14)15-6-10(8-2-3-8)9-4-5-9/h7-10H,2-6,14H2,1H3,(H2,15,16,17,18). The largest absolute Gasteiger partial charge is 0.490 e. The Balaban J connectivity index is 1.68. The molecule has 3 rings (SSSR count). The van der Waals surface area contributed by atoms with Crippen molar-refractivity contribution in [2.45, 2.75) is 25.7 Å². The summed E-state index contributed by atoms with van der Waals surface area (Å²) in [4.78, 5) is 8.29. The first-order valence-electron chi connectivity index (χ1n) is 6.93. The van der Waals surface area contributed by atoms with Crippen molar-refractivity contribution < 1.29 is 4.74 Å². The maximum Gasteiger partial charge on any atom is 0.205 e. The van der Waals surface area contributed by atoms with E-state index in [1.54, 1.807) is 7.11 Å². The van der Waals surface area contributed by atoms with Crippen LogP contribution in [0.2, 0.25) is 0 Å². The van der Waals surface area contributed by atoms with Gasteiger partial charge in [0.1, 0.15) is 6.33 Å². The van der Waals surface area contributed by atoms with Gasteiger partial charge in [-0.2, -0.15) is 0 Å². The lowest BCUT2D eigenvalue weighted by atomic mass is 9.98. The lowest BCUT2D eigenvalue weighted by molar-refractivity contribution is 0.409. The van der Waals surface area contributed by atoms with Crippen molar-refractivity contribution >= 4 is 11.6 Å². The summed E-state index contributed by atoms with van der Waals surface area (Å²) >= 11 is 0. The van der Waals surface area contributed by atoms with Crippen molar-refractivity contribution in [2.75, 3.05) is 24.4 Å². The number of hydrazine groups is 1. The summed E-state index contributed by atoms with van der Waals surface area (Å²) in [7, 11) is 1.60. The van der Waals surface area contributed by atoms with Gasteiger partial charge in [-0.3, -0.25) is 0 Å². The highest BCUT2D eigenvalue weighted by Crippen LogP contribution is 2.49. The van der Waals surface area contributed by atoms with E-state index >= 15 is 0 Å². The van der Waals surface area contributed by atoms with Crippen LogP contribution in [0.15, 0.2) is 6.33 Å². The van der Waals surface area contributed by atoms with Crippen molar-refractivity contribution in [2.24, 2.45) is 23.6 Å². The average molecular weight is 263 g/mol. The van der Waals surface area contributed by atoms with Gasteiger partial charge in [-0.25, -0.2) is 15.8 Å². The van der Waals surface area contributed by atoms with Crippen molar-refractivity contribution in [1.82, 2.24) is 9.97 Å². The second-order valence-electron chi connectivity index (χ2n) is 5.47. The number of methoxy groups -OCH3 is 1. The maximum atomic E-state index is 5.42. The molecule has 1 aromatic rings. The van der Waals surface area contributed by atoms with E-state index in [0.717, 1.165) is 30.1 Å². The molecule has 1 aromatic heterocycles. The molecule has 2 saturated carbocycles. The van der Waals surface area contributed by atoms with Crippen molar-refractivity contribution in [1.29, 1.82) is 0 Å². The average Bonchev–Trinajstić information content (AvgIpc) is 3.30. The minimum atomic E-state index is 0.509. The number of hydrogen-bond donors (Lipinski definition) is 3. The zero-order valence-electron chi connectivity index (χ0n) is 11.2. The van der Waals surface area contributed by atoms with Crippen LogP contribution in [-0.2, 0) is 0 Å². The molecule has 0 atom stereocenters. The summed E-state index contributed by atoms with van der Waals surface area (Å²) < 4.78 is 5.32. The molecule has 2 aliphatic carbocycles. The predicted octanol–water partition coefficient (Wildman–Crippen LogP) is 1.62. The minimum Gasteiger partial charge on any atom is -0.490 e. The van der Waals surface area contributed by atoms with Crippen LogP contribution in [0, 0.1) is 17.8 Å². The molecule has 0 unspecified atom stereocenters. The van der Waals surface area contributed by atoms with Crippen LogP contribution >= 0.6 is 0 Å². The van der Waals surface area contributed by atoms with Crippen LogP contribution < -0.4 is 21.3 Å². The lowest BCUT2D eigenvalue weighted by Gasteiger charge is -2.18. The van der Waals surface area contributed by atoms with E-state index in [2.05, 4.69) is 20.7 Å². The number of rotatable bonds is 7. The third kappa shape index (κ3) is 2.73. The fraction of sp³-hybridized carbons (Fsp3) is 0.692. The van der Waals surface area contributed by atoms with E-state index in [1.165, 1.54) is 32.0 Å². The Hall–Kier alpha value is -1.56. The molecular weight excluding hydrogens is 242 g/mol. The van der Waals surface area contributed by atoms with Crippen LogP contribution in [0.1, 0.15) is 25.7 Å². The van der Waals surface area contributed by atoms with Gasteiger partial charge in [0.15, 0.2) is 11.6 Å². The van der Waals surface area contributed by atoms with Crippen LogP contribution in [0.4, 0.5) is 11.6 Å². The van der Waals surface area contributed by atoms with E-state index < -0.39 is 0 Å². The highest BCUT2D eigenvalue weighted by atomic mass is 16.5. The molecule has 1 heterocycles. The van der Waals surface area contributed by atoms with E-state index in [-0.39, 0.29) is 0 Å². The number of nitrogen functional groups attached to an aromatic ring is 1. The molecule has 0 amide bonds. The second kappa shape index (κ2) is 5.21. The molecule has 0 aromatic carbocycles. The molecular formula is C13H21N5O. The van der Waals surface area contributed by atoms with Crippen LogP contribution in [0.3, 0.4) is 0 Å². The predicted molar refractivity (Wildman–Crippen MR) is 73.8 cm³/mol. The molecule has 6 nitrogen and oxygen atoms in total. The first-order valence-corrected chi connectivity index (χ1v) is 6.93. The smallest absolute Gasteiger partial charge is 0.205 e. The van der Waals surface area contributed by atoms with E-state index in [1.807, 2.05) is 0 Å². The van der Waals surface area contributed by atoms with Gasteiger partial charge in [-0.15, -0.1) is 0 Å². The molecule has 0 aliphatic heterocycles. The Morgan fingerprint density at radius 1 is 1.26 bits per heavy atom. The summed E-state index contributed by atoms with van der Waals surface area (Å²) in [6, 6.07) is 0. The van der Waals surface area contributed by atoms with Crippen molar-refractivity contribution in [3.8, 4) is 5.75 Å². The number of nitrogens with one attached hydrogen (secondary N) is 2. The number of ether oxygens (including phenoxy) is 1. The molecule has 4 N–H and O–H groups in total. The third-order valence-corrected chi connectivity index (χ3v) is 4.10. The quantitative estimate of drug-likeness (QED) is 0.512. The lowest BCUT2D eigenvalue weighted by Crippen LogP contribution is -2.20. The van der Waals surface area contributed by atoms with E-state index in [0.29, 0.717) is 11.6 Å². The van der Waals surface area contributed by atoms with Gasteiger partial charge >= 0.3 is 0 Å². The SMILES string of the molecule is COc1c(NN)ncnc1NCC(C1CC1)C1CC1. The Bertz CT molecular complexity index is 433. The number of nitrogens with two attached hydrogens (primary N) is 1. The molecule has 19 heavy (non-hydrogen) atoms. The van der Waals surface area contributed by atoms with Gasteiger partial charge in [0, 0.05) is 6.54 Å². The Morgan fingerprint density at radius 3 is 2.42 bits per heavy atom. The monoisotopic (exact) mass is 263 g/mol. The van der Waals surface area contributed by atoms with Crippen molar-refractivity contribution in [3.05, 3.63) is 6.33 Å². The third-order valence-electron chi connectivity index (χ3n) is 4.10. The number of hydrogen-bond acceptors (Lipinski definition) is 6. The van der Waals surface area contributed by atoms with Gasteiger partial charge in [-0.1, -0.05) is 0 Å². The number of anilines is 2.